The maximum atomic E-state index is 12.8. The van der Waals surface area contributed by atoms with Crippen molar-refractivity contribution >= 4 is 29.9 Å². The van der Waals surface area contributed by atoms with Crippen molar-refractivity contribution in [3.63, 3.8) is 0 Å². The molecule has 0 aliphatic carbocycles. The average Bonchev–Trinajstić information content (AvgIpc) is 2.53. The van der Waals surface area contributed by atoms with E-state index in [0.717, 1.165) is 11.4 Å². The van der Waals surface area contributed by atoms with E-state index in [-0.39, 0.29) is 11.7 Å². The molecule has 0 spiro atoms. The molecule has 1 aromatic rings. The summed E-state index contributed by atoms with van der Waals surface area (Å²) in [7, 11) is 4.44. The van der Waals surface area contributed by atoms with Crippen molar-refractivity contribution in [1.29, 1.82) is 0 Å². The van der Waals surface area contributed by atoms with Gasteiger partial charge in [0.05, 0.1) is 5.75 Å². The van der Waals surface area contributed by atoms with E-state index >= 15 is 0 Å². The third-order valence-corrected chi connectivity index (χ3v) is 7.12. The zero-order valence-corrected chi connectivity index (χ0v) is 15.3. The van der Waals surface area contributed by atoms with Gasteiger partial charge in [-0.25, -0.2) is 4.79 Å². The molecule has 7 nitrogen and oxygen atoms in total. The first-order chi connectivity index (χ1) is 10.9. The average molecular weight is 360 g/mol. The topological polar surface area (TPSA) is 77.4 Å². The molecule has 0 N–H and O–H groups in total. The van der Waals surface area contributed by atoms with Gasteiger partial charge in [0.25, 0.3) is 0 Å². The van der Waals surface area contributed by atoms with Gasteiger partial charge in [0.2, 0.25) is 5.90 Å². The molecule has 1 aromatic carbocycles. The second-order valence-electron chi connectivity index (χ2n) is 4.53. The van der Waals surface area contributed by atoms with Crippen LogP contribution in [0.1, 0.15) is 6.92 Å². The van der Waals surface area contributed by atoms with Crippen LogP contribution in [0.2, 0.25) is 0 Å². The molecule has 0 radical (unpaired) electrons. The summed E-state index contributed by atoms with van der Waals surface area (Å²) in [6, 6.07) is 8.92. The molecule has 0 aliphatic heterocycles. The van der Waals surface area contributed by atoms with E-state index in [4.69, 9.17) is 9.26 Å². The number of ether oxygens (including phenoxy) is 1. The van der Waals surface area contributed by atoms with Gasteiger partial charge in [0.1, 0.15) is 12.9 Å². The first kappa shape index (κ1) is 19.4. The molecular formula is C14H21N2O5PS. The minimum absolute atomic E-state index is 0.0292. The van der Waals surface area contributed by atoms with Crippen LogP contribution >= 0.6 is 18.0 Å². The first-order valence-electron chi connectivity index (χ1n) is 6.87. The molecule has 0 fully saturated rings. The van der Waals surface area contributed by atoms with Crippen molar-refractivity contribution < 1.29 is 23.5 Å². The van der Waals surface area contributed by atoms with Crippen molar-refractivity contribution in [2.45, 2.75) is 6.92 Å². The van der Waals surface area contributed by atoms with Gasteiger partial charge in [-0.05, 0) is 23.5 Å². The minimum atomic E-state index is -2.99. The molecule has 9 heteroatoms. The monoisotopic (exact) mass is 360 g/mol. The van der Waals surface area contributed by atoms with Crippen LogP contribution in [0.4, 0.5) is 4.79 Å². The van der Waals surface area contributed by atoms with Crippen molar-refractivity contribution in [2.75, 3.05) is 33.1 Å². The molecule has 0 bridgehead atoms. The maximum absolute atomic E-state index is 12.8. The van der Waals surface area contributed by atoms with Gasteiger partial charge in [-0.2, -0.15) is 0 Å². The van der Waals surface area contributed by atoms with E-state index in [9.17, 15) is 9.36 Å². The molecule has 0 heterocycles. The van der Waals surface area contributed by atoms with E-state index in [1.165, 1.54) is 12.0 Å². The SMILES string of the molecule is CCP(=O)(Oc1ccccc1)SCC(=NOC)OC(=O)N(C)C. The Balaban J connectivity index is 2.71. The molecule has 1 atom stereocenters. The van der Waals surface area contributed by atoms with Crippen LogP contribution in [0.3, 0.4) is 0 Å². The minimum Gasteiger partial charge on any atom is -0.436 e. The number of nitrogens with zero attached hydrogens (tertiary/aromatic N) is 2. The van der Waals surface area contributed by atoms with Crippen molar-refractivity contribution in [3.05, 3.63) is 30.3 Å². The fraction of sp³-hybridized carbons (Fsp3) is 0.429. The number of carbonyl (C=O) groups is 1. The van der Waals surface area contributed by atoms with Crippen LogP contribution in [0, 0.1) is 0 Å². The summed E-state index contributed by atoms with van der Waals surface area (Å²) in [6.07, 6.45) is -0.259. The highest BCUT2D eigenvalue weighted by Gasteiger charge is 2.25. The van der Waals surface area contributed by atoms with E-state index in [2.05, 4.69) is 9.99 Å². The van der Waals surface area contributed by atoms with Crippen LogP contribution < -0.4 is 4.52 Å². The lowest BCUT2D eigenvalue weighted by Crippen LogP contribution is -2.26. The highest BCUT2D eigenvalue weighted by atomic mass is 32.7. The number of benzene rings is 1. The molecule has 1 amide bonds. The standard InChI is InChI=1S/C14H21N2O5PS/c1-5-22(18,21-12-9-7-6-8-10-12)23-11-13(15-19-4)20-14(17)16(2)3/h6-10H,5,11H2,1-4H3. The number of rotatable bonds is 7. The third-order valence-electron chi connectivity index (χ3n) is 2.52. The number of amides is 1. The zero-order chi connectivity index (χ0) is 17.3. The summed E-state index contributed by atoms with van der Waals surface area (Å²) in [6.45, 7) is -1.22. The highest BCUT2D eigenvalue weighted by molar-refractivity contribution is 8.56. The summed E-state index contributed by atoms with van der Waals surface area (Å²) in [5, 5.41) is 3.64. The normalized spacial score (nSPS) is 13.8. The van der Waals surface area contributed by atoms with E-state index < -0.39 is 12.7 Å². The maximum Gasteiger partial charge on any atom is 0.415 e. The Morgan fingerprint density at radius 3 is 2.48 bits per heavy atom. The van der Waals surface area contributed by atoms with Crippen molar-refractivity contribution in [3.8, 4) is 5.75 Å². The lowest BCUT2D eigenvalue weighted by molar-refractivity contribution is 0.157. The molecule has 0 saturated heterocycles. The Bertz CT molecular complexity index is 580. The predicted octanol–water partition coefficient (Wildman–Crippen LogP) is 3.67. The quantitative estimate of drug-likeness (QED) is 0.320. The largest absolute Gasteiger partial charge is 0.436 e. The Kier molecular flexibility index (Phi) is 7.98. The van der Waals surface area contributed by atoms with E-state index in [0.29, 0.717) is 11.9 Å². The Morgan fingerprint density at radius 2 is 1.96 bits per heavy atom. The summed E-state index contributed by atoms with van der Waals surface area (Å²) in [4.78, 5) is 17.5. The van der Waals surface area contributed by atoms with Gasteiger partial charge in [0, 0.05) is 20.3 Å². The molecule has 1 unspecified atom stereocenters. The van der Waals surface area contributed by atoms with Gasteiger partial charge in [-0.15, -0.1) is 0 Å². The van der Waals surface area contributed by atoms with E-state index in [1.54, 1.807) is 45.3 Å². The second kappa shape index (κ2) is 9.47. The number of hydrogen-bond acceptors (Lipinski definition) is 7. The summed E-state index contributed by atoms with van der Waals surface area (Å²) < 4.78 is 23.4. The number of oxime groups is 1. The van der Waals surface area contributed by atoms with Gasteiger partial charge < -0.3 is 19.0 Å². The molecule has 0 saturated carbocycles. The second-order valence-corrected chi connectivity index (χ2v) is 9.56. The molecule has 1 rings (SSSR count). The molecule has 0 aliphatic rings. The smallest absolute Gasteiger partial charge is 0.415 e. The lowest BCUT2D eigenvalue weighted by Gasteiger charge is -2.18. The van der Waals surface area contributed by atoms with Crippen LogP contribution in [-0.4, -0.2) is 50.0 Å². The lowest BCUT2D eigenvalue weighted by atomic mass is 10.3. The summed E-state index contributed by atoms with van der Waals surface area (Å²) >= 11 is 1.05. The van der Waals surface area contributed by atoms with Crippen LogP contribution in [0.25, 0.3) is 0 Å². The third kappa shape index (κ3) is 6.97. The molecule has 23 heavy (non-hydrogen) atoms. The Labute approximate surface area is 140 Å². The van der Waals surface area contributed by atoms with Crippen molar-refractivity contribution in [2.24, 2.45) is 5.16 Å². The van der Waals surface area contributed by atoms with Gasteiger partial charge in [0.15, 0.2) is 0 Å². The number of hydrogen-bond donors (Lipinski definition) is 0. The highest BCUT2D eigenvalue weighted by Crippen LogP contribution is 2.58. The van der Waals surface area contributed by atoms with Crippen LogP contribution in [0.15, 0.2) is 35.5 Å². The Hall–Kier alpha value is -1.66. The zero-order valence-electron chi connectivity index (χ0n) is 13.6. The predicted molar refractivity (Wildman–Crippen MR) is 92.3 cm³/mol. The van der Waals surface area contributed by atoms with Gasteiger partial charge in [-0.3, -0.25) is 4.57 Å². The Morgan fingerprint density at radius 1 is 1.30 bits per heavy atom. The summed E-state index contributed by atoms with van der Waals surface area (Å²) in [5.41, 5.74) is 0. The fourth-order valence-corrected chi connectivity index (χ4v) is 4.46. The molecule has 0 aromatic heterocycles. The molecular weight excluding hydrogens is 339 g/mol. The van der Waals surface area contributed by atoms with Crippen molar-refractivity contribution in [1.82, 2.24) is 4.90 Å². The summed E-state index contributed by atoms with van der Waals surface area (Å²) in [5.74, 6) is 0.646. The van der Waals surface area contributed by atoms with Crippen LogP contribution in [-0.2, 0) is 14.1 Å². The van der Waals surface area contributed by atoms with Gasteiger partial charge in [-0.1, -0.05) is 30.3 Å². The van der Waals surface area contributed by atoms with Gasteiger partial charge >= 0.3 is 12.7 Å². The number of carbonyl (C=O) groups excluding carboxylic acids is 1. The fourth-order valence-electron chi connectivity index (χ4n) is 1.35. The number of para-hydroxylation sites is 1. The van der Waals surface area contributed by atoms with Crippen LogP contribution in [0.5, 0.6) is 5.75 Å². The first-order valence-corrected chi connectivity index (χ1v) is 10.3. The molecule has 128 valence electrons. The van der Waals surface area contributed by atoms with E-state index in [1.807, 2.05) is 6.07 Å².